The van der Waals surface area contributed by atoms with Crippen LogP contribution < -0.4 is 15.4 Å². The Morgan fingerprint density at radius 3 is 2.59 bits per heavy atom. The lowest BCUT2D eigenvalue weighted by atomic mass is 10.2. The normalized spacial score (nSPS) is 12.6. The Hall–Kier alpha value is -1.81. The van der Waals surface area contributed by atoms with E-state index in [0.29, 0.717) is 29.5 Å². The fourth-order valence-corrected chi connectivity index (χ4v) is 2.43. The van der Waals surface area contributed by atoms with Gasteiger partial charge in [-0.05, 0) is 38.2 Å². The third kappa shape index (κ3) is 10.2. The molecule has 0 amide bonds. The molecule has 0 bridgehead atoms. The molecule has 5 nitrogen and oxygen atoms in total. The molecular formula is C16H22ClF5N4O. The van der Waals surface area contributed by atoms with Crippen molar-refractivity contribution in [2.75, 3.05) is 33.7 Å². The highest BCUT2D eigenvalue weighted by Gasteiger charge is 2.28. The quantitative estimate of drug-likeness (QED) is 0.280. The van der Waals surface area contributed by atoms with Gasteiger partial charge < -0.3 is 15.4 Å². The summed E-state index contributed by atoms with van der Waals surface area (Å²) in [5.41, 5.74) is 0.413. The van der Waals surface area contributed by atoms with E-state index in [0.717, 1.165) is 0 Å². The Morgan fingerprint density at radius 1 is 1.30 bits per heavy atom. The maximum atomic E-state index is 12.5. The number of nitrogens with zero attached hydrogens (tertiary/aromatic N) is 2. The van der Waals surface area contributed by atoms with E-state index in [1.807, 2.05) is 0 Å². The summed E-state index contributed by atoms with van der Waals surface area (Å²) in [5.74, 6) is 0.363. The molecule has 0 saturated heterocycles. The molecule has 0 fully saturated rings. The largest absolute Gasteiger partial charge is 0.434 e. The zero-order chi connectivity index (χ0) is 20.4. The van der Waals surface area contributed by atoms with Crippen molar-refractivity contribution in [3.8, 4) is 5.75 Å². The maximum absolute atomic E-state index is 12.5. The van der Waals surface area contributed by atoms with Crippen LogP contribution in [0.5, 0.6) is 5.75 Å². The summed E-state index contributed by atoms with van der Waals surface area (Å²) in [7, 11) is 2.91. The molecule has 1 aromatic carbocycles. The van der Waals surface area contributed by atoms with Crippen LogP contribution in [0.15, 0.2) is 23.2 Å². The molecule has 0 aliphatic carbocycles. The lowest BCUT2D eigenvalue weighted by Crippen LogP contribution is -2.39. The molecule has 0 saturated carbocycles. The van der Waals surface area contributed by atoms with Gasteiger partial charge in [0.2, 0.25) is 0 Å². The molecule has 27 heavy (non-hydrogen) atoms. The molecule has 0 atom stereocenters. The smallest absolute Gasteiger partial charge is 0.401 e. The van der Waals surface area contributed by atoms with E-state index in [4.69, 9.17) is 11.6 Å². The first kappa shape index (κ1) is 23.2. The van der Waals surface area contributed by atoms with E-state index in [-0.39, 0.29) is 18.8 Å². The highest BCUT2D eigenvalue weighted by atomic mass is 35.5. The first-order valence-electron chi connectivity index (χ1n) is 8.03. The van der Waals surface area contributed by atoms with Crippen molar-refractivity contribution in [3.63, 3.8) is 0 Å². The topological polar surface area (TPSA) is 48.9 Å². The van der Waals surface area contributed by atoms with Crippen molar-refractivity contribution in [3.05, 3.63) is 28.8 Å². The van der Waals surface area contributed by atoms with Crippen LogP contribution in [0, 0.1) is 0 Å². The summed E-state index contributed by atoms with van der Waals surface area (Å²) in [4.78, 5) is 5.15. The van der Waals surface area contributed by atoms with Gasteiger partial charge in [0.05, 0.1) is 6.54 Å². The van der Waals surface area contributed by atoms with Crippen LogP contribution in [0.4, 0.5) is 22.0 Å². The second-order valence-corrected chi connectivity index (χ2v) is 6.13. The maximum Gasteiger partial charge on any atom is 0.401 e. The molecule has 1 aromatic rings. The van der Waals surface area contributed by atoms with Gasteiger partial charge in [0.1, 0.15) is 5.75 Å². The van der Waals surface area contributed by atoms with Gasteiger partial charge in [0, 0.05) is 30.7 Å². The number of hydrogen-bond acceptors (Lipinski definition) is 3. The van der Waals surface area contributed by atoms with Gasteiger partial charge in [-0.3, -0.25) is 9.89 Å². The van der Waals surface area contributed by atoms with E-state index >= 15 is 0 Å². The van der Waals surface area contributed by atoms with Crippen LogP contribution in [0.25, 0.3) is 0 Å². The zero-order valence-electron chi connectivity index (χ0n) is 14.9. The number of benzene rings is 1. The fraction of sp³-hybridized carbons (Fsp3) is 0.562. The number of nitrogens with one attached hydrogen (secondary N) is 2. The van der Waals surface area contributed by atoms with Crippen molar-refractivity contribution < 1.29 is 26.7 Å². The number of aliphatic imine (C=N–C) groups is 1. The van der Waals surface area contributed by atoms with Crippen LogP contribution in [0.3, 0.4) is 0 Å². The van der Waals surface area contributed by atoms with E-state index in [1.165, 1.54) is 37.2 Å². The first-order chi connectivity index (χ1) is 12.6. The SMILES string of the molecule is CN=C(NCCCN(C)CC(F)(F)F)NCc1cc(Cl)ccc1OC(F)F. The number of ether oxygens (including phenoxy) is 1. The Kier molecular flexibility index (Phi) is 9.57. The van der Waals surface area contributed by atoms with Crippen molar-refractivity contribution in [2.24, 2.45) is 4.99 Å². The number of alkyl halides is 5. The molecule has 0 spiro atoms. The average molecular weight is 417 g/mol. The highest BCUT2D eigenvalue weighted by molar-refractivity contribution is 6.30. The number of halogens is 6. The second-order valence-electron chi connectivity index (χ2n) is 5.69. The minimum absolute atomic E-state index is 0.00821. The predicted octanol–water partition coefficient (Wildman–Crippen LogP) is 3.49. The average Bonchev–Trinajstić information content (AvgIpc) is 2.54. The Balaban J connectivity index is 2.46. The van der Waals surface area contributed by atoms with Crippen LogP contribution in [-0.2, 0) is 6.54 Å². The van der Waals surface area contributed by atoms with Gasteiger partial charge >= 0.3 is 12.8 Å². The molecule has 0 aliphatic rings. The molecule has 0 aromatic heterocycles. The number of guanidine groups is 1. The summed E-state index contributed by atoms with van der Waals surface area (Å²) < 4.78 is 66.1. The summed E-state index contributed by atoms with van der Waals surface area (Å²) in [5, 5.41) is 6.22. The summed E-state index contributed by atoms with van der Waals surface area (Å²) in [6.07, 6.45) is -3.76. The van der Waals surface area contributed by atoms with E-state index in [2.05, 4.69) is 20.4 Å². The monoisotopic (exact) mass is 416 g/mol. The Morgan fingerprint density at radius 2 is 2.00 bits per heavy atom. The van der Waals surface area contributed by atoms with Gasteiger partial charge in [0.25, 0.3) is 0 Å². The molecule has 0 heterocycles. The highest BCUT2D eigenvalue weighted by Crippen LogP contribution is 2.24. The van der Waals surface area contributed by atoms with Crippen molar-refractivity contribution >= 4 is 17.6 Å². The van der Waals surface area contributed by atoms with Gasteiger partial charge in [-0.25, -0.2) is 0 Å². The lowest BCUT2D eigenvalue weighted by Gasteiger charge is -2.19. The number of hydrogen-bond donors (Lipinski definition) is 2. The van der Waals surface area contributed by atoms with E-state index in [1.54, 1.807) is 0 Å². The molecule has 11 heteroatoms. The molecule has 0 radical (unpaired) electrons. The Labute approximate surface area is 159 Å². The third-order valence-corrected chi connectivity index (χ3v) is 3.60. The van der Waals surface area contributed by atoms with Gasteiger partial charge in [-0.2, -0.15) is 22.0 Å². The summed E-state index contributed by atoms with van der Waals surface area (Å²) in [6.45, 7) is -3.17. The van der Waals surface area contributed by atoms with Crippen molar-refractivity contribution in [1.82, 2.24) is 15.5 Å². The lowest BCUT2D eigenvalue weighted by molar-refractivity contribution is -0.143. The van der Waals surface area contributed by atoms with E-state index < -0.39 is 19.3 Å². The molecule has 0 aliphatic heterocycles. The zero-order valence-corrected chi connectivity index (χ0v) is 15.7. The second kappa shape index (κ2) is 11.1. The first-order valence-corrected chi connectivity index (χ1v) is 8.41. The van der Waals surface area contributed by atoms with Gasteiger partial charge in [-0.15, -0.1) is 0 Å². The summed E-state index contributed by atoms with van der Waals surface area (Å²) >= 11 is 5.88. The van der Waals surface area contributed by atoms with Crippen molar-refractivity contribution in [2.45, 2.75) is 25.8 Å². The van der Waals surface area contributed by atoms with Crippen LogP contribution in [0.2, 0.25) is 5.02 Å². The molecule has 154 valence electrons. The number of rotatable bonds is 9. The van der Waals surface area contributed by atoms with Gasteiger partial charge in [0.15, 0.2) is 5.96 Å². The van der Waals surface area contributed by atoms with Gasteiger partial charge in [-0.1, -0.05) is 11.6 Å². The Bertz CT molecular complexity index is 613. The predicted molar refractivity (Wildman–Crippen MR) is 94.5 cm³/mol. The fourth-order valence-electron chi connectivity index (χ4n) is 2.24. The third-order valence-electron chi connectivity index (χ3n) is 3.37. The minimum Gasteiger partial charge on any atom is -0.434 e. The van der Waals surface area contributed by atoms with Crippen LogP contribution >= 0.6 is 11.6 Å². The van der Waals surface area contributed by atoms with E-state index in [9.17, 15) is 22.0 Å². The van der Waals surface area contributed by atoms with Crippen LogP contribution in [-0.4, -0.2) is 57.4 Å². The standard InChI is InChI=1S/C16H22ClF5N4O/c1-23-15(24-6-3-7-26(2)10-16(20,21)22)25-9-11-8-12(17)4-5-13(11)27-14(18)19/h4-5,8,14H,3,6-7,9-10H2,1-2H3,(H2,23,24,25). The molecule has 1 rings (SSSR count). The van der Waals surface area contributed by atoms with Crippen molar-refractivity contribution in [1.29, 1.82) is 0 Å². The summed E-state index contributed by atoms with van der Waals surface area (Å²) in [6, 6.07) is 4.27. The molecular weight excluding hydrogens is 395 g/mol. The van der Waals surface area contributed by atoms with Crippen LogP contribution in [0.1, 0.15) is 12.0 Å². The minimum atomic E-state index is -4.23. The molecule has 0 unspecified atom stereocenters. The molecule has 2 N–H and O–H groups in total.